The largest absolute Gasteiger partial charge is 0.447 e. The van der Waals surface area contributed by atoms with E-state index in [1.807, 2.05) is 6.07 Å². The van der Waals surface area contributed by atoms with Crippen molar-refractivity contribution in [3.05, 3.63) is 24.3 Å². The first kappa shape index (κ1) is 20.0. The summed E-state index contributed by atoms with van der Waals surface area (Å²) in [5, 5.41) is 8.85. The molecule has 144 valence electrons. The highest BCUT2D eigenvalue weighted by molar-refractivity contribution is 5.86. The maximum absolute atomic E-state index is 12.2. The molecule has 0 unspecified atom stereocenters. The van der Waals surface area contributed by atoms with Crippen LogP contribution in [-0.2, 0) is 14.3 Å². The van der Waals surface area contributed by atoms with Crippen LogP contribution >= 0.6 is 0 Å². The van der Waals surface area contributed by atoms with Crippen molar-refractivity contribution in [1.82, 2.24) is 5.32 Å². The molecule has 1 saturated carbocycles. The van der Waals surface area contributed by atoms with Crippen LogP contribution in [0.2, 0.25) is 0 Å². The molecule has 2 atom stereocenters. The molecule has 1 aliphatic rings. The molecule has 0 bridgehead atoms. The lowest BCUT2D eigenvalue weighted by Crippen LogP contribution is -2.43. The van der Waals surface area contributed by atoms with E-state index in [9.17, 15) is 9.59 Å². The fourth-order valence-corrected chi connectivity index (χ4v) is 3.05. The Labute approximate surface area is 154 Å². The van der Waals surface area contributed by atoms with Crippen LogP contribution in [0.25, 0.3) is 0 Å². The maximum atomic E-state index is 12.2. The first-order valence-corrected chi connectivity index (χ1v) is 9.14. The minimum Gasteiger partial charge on any atom is -0.447 e. The quantitative estimate of drug-likeness (QED) is 0.618. The van der Waals surface area contributed by atoms with Crippen LogP contribution in [-0.4, -0.2) is 44.9 Å². The molecule has 26 heavy (non-hydrogen) atoms. The molecule has 2 amide bonds. The topological polar surface area (TPSA) is 88.7 Å². The fourth-order valence-electron chi connectivity index (χ4n) is 3.05. The minimum absolute atomic E-state index is 0.0129. The van der Waals surface area contributed by atoms with E-state index < -0.39 is 6.09 Å². The van der Waals surface area contributed by atoms with E-state index in [1.165, 1.54) is 19.3 Å². The Balaban J connectivity index is 1.76. The molecule has 1 fully saturated rings. The summed E-state index contributed by atoms with van der Waals surface area (Å²) in [4.78, 5) is 23.8. The van der Waals surface area contributed by atoms with Gasteiger partial charge in [0.2, 0.25) is 5.91 Å². The van der Waals surface area contributed by atoms with Crippen LogP contribution in [0.3, 0.4) is 0 Å². The van der Waals surface area contributed by atoms with Crippen LogP contribution in [0.5, 0.6) is 0 Å². The molecule has 1 aromatic carbocycles. The van der Waals surface area contributed by atoms with Crippen molar-refractivity contribution >= 4 is 23.4 Å². The van der Waals surface area contributed by atoms with Gasteiger partial charge in [0.15, 0.2) is 0 Å². The van der Waals surface area contributed by atoms with Gasteiger partial charge in [0.25, 0.3) is 0 Å². The summed E-state index contributed by atoms with van der Waals surface area (Å²) in [6.45, 7) is 2.94. The van der Waals surface area contributed by atoms with E-state index in [4.69, 9.17) is 9.47 Å². The molecule has 3 N–H and O–H groups in total. The molecular formula is C19H29N3O4. The van der Waals surface area contributed by atoms with Crippen molar-refractivity contribution in [3.8, 4) is 0 Å². The maximum Gasteiger partial charge on any atom is 0.411 e. The summed E-state index contributed by atoms with van der Waals surface area (Å²) in [5.41, 5.74) is 1.35. The summed E-state index contributed by atoms with van der Waals surface area (Å²) in [6.07, 6.45) is 4.11. The number of rotatable bonds is 8. The smallest absolute Gasteiger partial charge is 0.411 e. The fraction of sp³-hybridized carbons (Fsp3) is 0.579. The molecule has 0 saturated heterocycles. The van der Waals surface area contributed by atoms with Gasteiger partial charge in [0, 0.05) is 24.5 Å². The first-order valence-electron chi connectivity index (χ1n) is 9.14. The summed E-state index contributed by atoms with van der Waals surface area (Å²) in [6, 6.07) is 7.43. The summed E-state index contributed by atoms with van der Waals surface area (Å²) in [7, 11) is 1.54. The van der Waals surface area contributed by atoms with Crippen LogP contribution in [0.15, 0.2) is 24.3 Å². The van der Waals surface area contributed by atoms with Crippen LogP contribution in [0, 0.1) is 5.92 Å². The Morgan fingerprint density at radius 2 is 1.92 bits per heavy atom. The Hall–Kier alpha value is -2.28. The van der Waals surface area contributed by atoms with Crippen molar-refractivity contribution in [2.24, 2.45) is 5.92 Å². The number of ether oxygens (including phenoxy) is 2. The van der Waals surface area contributed by atoms with Crippen molar-refractivity contribution < 1.29 is 19.1 Å². The third-order valence-corrected chi connectivity index (χ3v) is 4.54. The van der Waals surface area contributed by atoms with Gasteiger partial charge in [-0.25, -0.2) is 4.79 Å². The lowest BCUT2D eigenvalue weighted by molar-refractivity contribution is -0.120. The number of methoxy groups -OCH3 is 1. The van der Waals surface area contributed by atoms with Crippen LogP contribution in [0.1, 0.15) is 32.6 Å². The molecule has 1 aromatic rings. The molecule has 0 aromatic heterocycles. The minimum atomic E-state index is -0.539. The molecule has 2 rings (SSSR count). The molecule has 0 heterocycles. The highest BCUT2D eigenvalue weighted by Gasteiger charge is 2.22. The molecular weight excluding hydrogens is 334 g/mol. The highest BCUT2D eigenvalue weighted by atomic mass is 16.6. The zero-order chi connectivity index (χ0) is 18.8. The van der Waals surface area contributed by atoms with E-state index in [0.717, 1.165) is 12.1 Å². The first-order chi connectivity index (χ1) is 12.6. The van der Waals surface area contributed by atoms with Crippen LogP contribution < -0.4 is 16.0 Å². The van der Waals surface area contributed by atoms with Gasteiger partial charge in [-0.1, -0.05) is 25.8 Å². The molecule has 0 radical (unpaired) electrons. The number of hydrogen-bond acceptors (Lipinski definition) is 5. The Morgan fingerprint density at radius 3 is 2.69 bits per heavy atom. The van der Waals surface area contributed by atoms with Gasteiger partial charge in [-0.3, -0.25) is 10.1 Å². The second kappa shape index (κ2) is 10.7. The molecule has 7 nitrogen and oxygen atoms in total. The summed E-state index contributed by atoms with van der Waals surface area (Å²) >= 11 is 0. The normalized spacial score (nSPS) is 19.5. The van der Waals surface area contributed by atoms with Crippen LogP contribution in [0.4, 0.5) is 16.2 Å². The standard InChI is InChI=1S/C19H29N3O4/c1-14-6-3-4-9-17(14)22-18(23)13-20-15-7-5-8-16(12-15)21-19(24)26-11-10-25-2/h5,7-8,12,14,17,20H,3-4,6,9-11,13H2,1-2H3,(H,21,24)(H,22,23)/t14-,17-/m0/s1. The number of benzene rings is 1. The average molecular weight is 363 g/mol. The third-order valence-electron chi connectivity index (χ3n) is 4.54. The molecule has 0 aliphatic heterocycles. The second-order valence-corrected chi connectivity index (χ2v) is 6.62. The molecule has 1 aliphatic carbocycles. The van der Waals surface area contributed by atoms with Gasteiger partial charge < -0.3 is 20.1 Å². The van der Waals surface area contributed by atoms with Gasteiger partial charge in [-0.15, -0.1) is 0 Å². The second-order valence-electron chi connectivity index (χ2n) is 6.62. The zero-order valence-corrected chi connectivity index (χ0v) is 15.5. The number of carbonyl (C=O) groups is 2. The lowest BCUT2D eigenvalue weighted by Gasteiger charge is -2.29. The SMILES string of the molecule is COCCOC(=O)Nc1cccc(NCC(=O)N[C@H]2CCCC[C@@H]2C)c1. The van der Waals surface area contributed by atoms with E-state index in [2.05, 4.69) is 22.9 Å². The summed E-state index contributed by atoms with van der Waals surface area (Å²) in [5.74, 6) is 0.519. The number of hydrogen-bond donors (Lipinski definition) is 3. The zero-order valence-electron chi connectivity index (χ0n) is 15.5. The van der Waals surface area contributed by atoms with Gasteiger partial charge in [-0.2, -0.15) is 0 Å². The molecule has 0 spiro atoms. The van der Waals surface area contributed by atoms with Gasteiger partial charge in [0.1, 0.15) is 6.61 Å². The predicted octanol–water partition coefficient (Wildman–Crippen LogP) is 2.99. The lowest BCUT2D eigenvalue weighted by atomic mass is 9.86. The van der Waals surface area contributed by atoms with Crippen molar-refractivity contribution in [2.45, 2.75) is 38.6 Å². The Bertz CT molecular complexity index is 594. The van der Waals surface area contributed by atoms with Crippen molar-refractivity contribution in [2.75, 3.05) is 37.5 Å². The van der Waals surface area contributed by atoms with Gasteiger partial charge in [0.05, 0.1) is 13.2 Å². The van der Waals surface area contributed by atoms with E-state index in [0.29, 0.717) is 18.2 Å². The summed E-state index contributed by atoms with van der Waals surface area (Å²) < 4.78 is 9.78. The van der Waals surface area contributed by atoms with E-state index in [-0.39, 0.29) is 25.1 Å². The Morgan fingerprint density at radius 1 is 1.15 bits per heavy atom. The number of carbonyl (C=O) groups excluding carboxylic acids is 2. The van der Waals surface area contributed by atoms with E-state index in [1.54, 1.807) is 25.3 Å². The van der Waals surface area contributed by atoms with Gasteiger partial charge >= 0.3 is 6.09 Å². The number of nitrogens with one attached hydrogen (secondary N) is 3. The third kappa shape index (κ3) is 6.92. The number of amides is 2. The average Bonchev–Trinajstić information content (AvgIpc) is 2.62. The van der Waals surface area contributed by atoms with E-state index >= 15 is 0 Å². The van der Waals surface area contributed by atoms with Gasteiger partial charge in [-0.05, 0) is 37.0 Å². The monoisotopic (exact) mass is 363 g/mol. The van der Waals surface area contributed by atoms with Crippen molar-refractivity contribution in [1.29, 1.82) is 0 Å². The Kier molecular flexibility index (Phi) is 8.21. The molecule has 7 heteroatoms. The van der Waals surface area contributed by atoms with Crippen molar-refractivity contribution in [3.63, 3.8) is 0 Å². The highest BCUT2D eigenvalue weighted by Crippen LogP contribution is 2.23. The number of anilines is 2. The predicted molar refractivity (Wildman–Crippen MR) is 101 cm³/mol.